The fourth-order valence-corrected chi connectivity index (χ4v) is 7.66. The molecule has 0 radical (unpaired) electrons. The normalized spacial score (nSPS) is 50.7. The van der Waals surface area contributed by atoms with Gasteiger partial charge in [-0.15, -0.1) is 0 Å². The van der Waals surface area contributed by atoms with E-state index in [1.807, 2.05) is 6.92 Å². The number of hydrogen-bond donors (Lipinski definition) is 0. The van der Waals surface area contributed by atoms with Gasteiger partial charge in [-0.25, -0.2) is 8.78 Å². The molecule has 1 nitrogen and oxygen atoms in total. The van der Waals surface area contributed by atoms with E-state index < -0.39 is 12.3 Å². The van der Waals surface area contributed by atoms with Gasteiger partial charge in [-0.05, 0) is 99.7 Å². The van der Waals surface area contributed by atoms with Crippen LogP contribution in [0.25, 0.3) is 0 Å². The van der Waals surface area contributed by atoms with Crippen molar-refractivity contribution in [1.29, 1.82) is 0 Å². The van der Waals surface area contributed by atoms with Gasteiger partial charge < -0.3 is 4.74 Å². The molecule has 0 amide bonds. The maximum absolute atomic E-state index is 15.7. The summed E-state index contributed by atoms with van der Waals surface area (Å²) in [5, 5.41) is 0. The van der Waals surface area contributed by atoms with Crippen LogP contribution in [0.2, 0.25) is 0 Å². The highest BCUT2D eigenvalue weighted by Gasteiger charge is 2.53. The molecule has 0 aromatic rings. The lowest BCUT2D eigenvalue weighted by Crippen LogP contribution is -2.52. The molecule has 8 unspecified atom stereocenters. The fraction of sp³-hybridized carbons (Fsp3) is 1.00. The molecule has 8 atom stereocenters. The molecule has 0 heterocycles. The van der Waals surface area contributed by atoms with Crippen molar-refractivity contribution in [2.75, 3.05) is 6.61 Å². The molecule has 27 heavy (non-hydrogen) atoms. The Morgan fingerprint density at radius 1 is 0.630 bits per heavy atom. The van der Waals surface area contributed by atoms with Crippen LogP contribution < -0.4 is 0 Å². The highest BCUT2D eigenvalue weighted by Crippen LogP contribution is 2.56. The van der Waals surface area contributed by atoms with Crippen molar-refractivity contribution in [1.82, 2.24) is 0 Å². The lowest BCUT2D eigenvalue weighted by Gasteiger charge is -2.53. The van der Waals surface area contributed by atoms with E-state index in [9.17, 15) is 0 Å². The van der Waals surface area contributed by atoms with Crippen molar-refractivity contribution in [3.63, 3.8) is 0 Å². The third kappa shape index (κ3) is 3.83. The van der Waals surface area contributed by atoms with Gasteiger partial charge in [-0.2, -0.15) is 0 Å². The smallest absolute Gasteiger partial charge is 0.129 e. The minimum absolute atomic E-state index is 0.125. The van der Waals surface area contributed by atoms with Gasteiger partial charge in [0.15, 0.2) is 0 Å². The predicted molar refractivity (Wildman–Crippen MR) is 106 cm³/mol. The van der Waals surface area contributed by atoms with Crippen LogP contribution >= 0.6 is 0 Å². The SMILES string of the molecule is CCOC1CCC2C(CCC3C(F)C(C4CCC(CC)CC4)CCC32)C1F. The van der Waals surface area contributed by atoms with E-state index in [0.717, 1.165) is 44.4 Å². The largest absolute Gasteiger partial charge is 0.375 e. The monoisotopic (exact) mass is 382 g/mol. The molecule has 3 heteroatoms. The number of ether oxygens (including phenoxy) is 1. The summed E-state index contributed by atoms with van der Waals surface area (Å²) in [4.78, 5) is 0. The van der Waals surface area contributed by atoms with Gasteiger partial charge in [0.05, 0.1) is 6.10 Å². The molecule has 4 rings (SSSR count). The van der Waals surface area contributed by atoms with Crippen LogP contribution in [-0.2, 0) is 4.74 Å². The van der Waals surface area contributed by atoms with Gasteiger partial charge in [0.2, 0.25) is 0 Å². The number of alkyl halides is 2. The molecule has 0 aromatic carbocycles. The summed E-state index contributed by atoms with van der Waals surface area (Å²) in [6, 6.07) is 0. The van der Waals surface area contributed by atoms with E-state index in [0.29, 0.717) is 30.3 Å². The fourth-order valence-electron chi connectivity index (χ4n) is 7.66. The molecule has 0 saturated heterocycles. The van der Waals surface area contributed by atoms with Crippen molar-refractivity contribution >= 4 is 0 Å². The lowest BCUT2D eigenvalue weighted by atomic mass is 9.53. The van der Waals surface area contributed by atoms with E-state index in [-0.39, 0.29) is 17.9 Å². The molecular formula is C24H40F2O. The Bertz CT molecular complexity index is 475. The Hall–Kier alpha value is -0.180. The summed E-state index contributed by atoms with van der Waals surface area (Å²) < 4.78 is 36.4. The third-order valence-electron chi connectivity index (χ3n) is 9.14. The van der Waals surface area contributed by atoms with Crippen LogP contribution in [0.4, 0.5) is 8.78 Å². The summed E-state index contributed by atoms with van der Waals surface area (Å²) in [6.45, 7) is 4.85. The van der Waals surface area contributed by atoms with Gasteiger partial charge in [0.1, 0.15) is 12.3 Å². The third-order valence-corrected chi connectivity index (χ3v) is 9.14. The van der Waals surface area contributed by atoms with Crippen molar-refractivity contribution in [3.8, 4) is 0 Å². The number of rotatable bonds is 4. The molecule has 0 N–H and O–H groups in total. The quantitative estimate of drug-likeness (QED) is 0.523. The van der Waals surface area contributed by atoms with Crippen molar-refractivity contribution < 1.29 is 13.5 Å². The second kappa shape index (κ2) is 8.67. The van der Waals surface area contributed by atoms with Crippen LogP contribution in [0.1, 0.15) is 84.5 Å². The van der Waals surface area contributed by atoms with Gasteiger partial charge in [0.25, 0.3) is 0 Å². The van der Waals surface area contributed by atoms with Crippen LogP contribution in [0, 0.1) is 41.4 Å². The van der Waals surface area contributed by atoms with Crippen LogP contribution in [0.15, 0.2) is 0 Å². The van der Waals surface area contributed by atoms with E-state index in [1.54, 1.807) is 0 Å². The van der Waals surface area contributed by atoms with E-state index >= 15 is 8.78 Å². The van der Waals surface area contributed by atoms with Gasteiger partial charge in [-0.1, -0.05) is 26.2 Å². The van der Waals surface area contributed by atoms with Crippen molar-refractivity contribution in [2.24, 2.45) is 41.4 Å². The van der Waals surface area contributed by atoms with Crippen molar-refractivity contribution in [2.45, 2.75) is 103 Å². The topological polar surface area (TPSA) is 9.23 Å². The zero-order valence-electron chi connectivity index (χ0n) is 17.4. The summed E-state index contributed by atoms with van der Waals surface area (Å²) in [5.74, 6) is 2.97. The molecule has 0 aromatic heterocycles. The Kier molecular flexibility index (Phi) is 6.46. The molecule has 0 bridgehead atoms. The molecular weight excluding hydrogens is 342 g/mol. The first-order chi connectivity index (χ1) is 13.1. The number of hydrogen-bond acceptors (Lipinski definition) is 1. The lowest BCUT2D eigenvalue weighted by molar-refractivity contribution is -0.119. The Morgan fingerprint density at radius 2 is 1.19 bits per heavy atom. The zero-order chi connectivity index (χ0) is 19.0. The molecule has 4 aliphatic rings. The maximum atomic E-state index is 15.7. The summed E-state index contributed by atoms with van der Waals surface area (Å²) in [7, 11) is 0. The van der Waals surface area contributed by atoms with Crippen LogP contribution in [0.5, 0.6) is 0 Å². The molecule has 4 fully saturated rings. The standard InChI is InChI=1S/C24H40F2O/c1-3-15-5-7-16(8-6-15)17-9-10-18-19-13-14-22(27-4-2)24(26)21(19)12-11-20(18)23(17)25/h15-24H,3-14H2,1-2H3. The van der Waals surface area contributed by atoms with E-state index in [2.05, 4.69) is 6.92 Å². The first-order valence-electron chi connectivity index (χ1n) is 12.0. The van der Waals surface area contributed by atoms with Crippen LogP contribution in [-0.4, -0.2) is 25.1 Å². The number of fused-ring (bicyclic) bond motifs is 3. The Balaban J connectivity index is 1.39. The van der Waals surface area contributed by atoms with E-state index in [1.165, 1.54) is 32.1 Å². The number of halogens is 2. The van der Waals surface area contributed by atoms with E-state index in [4.69, 9.17) is 4.74 Å². The average molecular weight is 383 g/mol. The maximum Gasteiger partial charge on any atom is 0.129 e. The first-order valence-corrected chi connectivity index (χ1v) is 12.0. The summed E-state index contributed by atoms with van der Waals surface area (Å²) in [6.07, 6.45) is 10.6. The second-order valence-corrected chi connectivity index (χ2v) is 10.1. The minimum Gasteiger partial charge on any atom is -0.375 e. The molecule has 0 aliphatic heterocycles. The minimum atomic E-state index is -0.829. The summed E-state index contributed by atoms with van der Waals surface area (Å²) >= 11 is 0. The molecule has 4 aliphatic carbocycles. The Labute approximate surface area is 165 Å². The Morgan fingerprint density at radius 3 is 1.81 bits per heavy atom. The van der Waals surface area contributed by atoms with Gasteiger partial charge in [0, 0.05) is 6.61 Å². The molecule has 0 spiro atoms. The second-order valence-electron chi connectivity index (χ2n) is 10.1. The van der Waals surface area contributed by atoms with Gasteiger partial charge >= 0.3 is 0 Å². The summed E-state index contributed by atoms with van der Waals surface area (Å²) in [5.41, 5.74) is 0. The zero-order valence-corrected chi connectivity index (χ0v) is 17.4. The van der Waals surface area contributed by atoms with Crippen LogP contribution in [0.3, 0.4) is 0 Å². The average Bonchev–Trinajstić information content (AvgIpc) is 2.70. The van der Waals surface area contributed by atoms with Gasteiger partial charge in [-0.3, -0.25) is 0 Å². The molecule has 4 saturated carbocycles. The highest BCUT2D eigenvalue weighted by atomic mass is 19.1. The molecule has 156 valence electrons. The predicted octanol–water partition coefficient (Wildman–Crippen LogP) is 6.75. The van der Waals surface area contributed by atoms with Crippen molar-refractivity contribution in [3.05, 3.63) is 0 Å². The first kappa shape index (κ1) is 20.1. The highest BCUT2D eigenvalue weighted by molar-refractivity contribution is 5.02.